The molecule has 0 radical (unpaired) electrons. The van der Waals surface area contributed by atoms with Crippen LogP contribution in [0.1, 0.15) is 37.8 Å². The molecule has 4 unspecified atom stereocenters. The van der Waals surface area contributed by atoms with Gasteiger partial charge < -0.3 is 14.8 Å². The van der Waals surface area contributed by atoms with Crippen molar-refractivity contribution in [3.8, 4) is 5.75 Å². The van der Waals surface area contributed by atoms with Crippen LogP contribution in [0.4, 0.5) is 0 Å². The third-order valence-corrected chi connectivity index (χ3v) is 5.15. The molecule has 0 aliphatic carbocycles. The Kier molecular flexibility index (Phi) is 5.58. The second kappa shape index (κ2) is 7.72. The van der Waals surface area contributed by atoms with Gasteiger partial charge in [-0.2, -0.15) is 0 Å². The lowest BCUT2D eigenvalue weighted by atomic mass is 9.99. The Morgan fingerprint density at radius 2 is 2.12 bits per heavy atom. The number of aliphatic hydroxyl groups is 1. The van der Waals surface area contributed by atoms with Gasteiger partial charge in [0.1, 0.15) is 18.3 Å². The maximum Gasteiger partial charge on any atom is 0.750 e. The molecule has 6 nitrogen and oxygen atoms in total. The first-order valence-electron chi connectivity index (χ1n) is 8.41. The summed E-state index contributed by atoms with van der Waals surface area (Å²) in [6.07, 6.45) is -0.615. The molecule has 0 amide bonds. The van der Waals surface area contributed by atoms with Gasteiger partial charge in [0.2, 0.25) is 0 Å². The first kappa shape index (κ1) is 18.8. The normalized spacial score (nSPS) is 25.9. The third-order valence-electron chi connectivity index (χ3n) is 4.45. The molecule has 0 bridgehead atoms. The SMILES string of the molecule is C=C(C)c1ccc(C2CC(O)C(C)(CO[P+](=O)Oc3ccccc3)O2)[nH]1. The first-order chi connectivity index (χ1) is 12.4. The van der Waals surface area contributed by atoms with E-state index in [0.717, 1.165) is 17.0 Å². The van der Waals surface area contributed by atoms with Crippen LogP contribution in [0.15, 0.2) is 49.0 Å². The van der Waals surface area contributed by atoms with Crippen molar-refractivity contribution >= 4 is 13.8 Å². The minimum atomic E-state index is -2.36. The first-order valence-corrected chi connectivity index (χ1v) is 9.51. The van der Waals surface area contributed by atoms with E-state index in [0.29, 0.717) is 12.2 Å². The van der Waals surface area contributed by atoms with Gasteiger partial charge in [-0.3, -0.25) is 0 Å². The molecule has 4 atom stereocenters. The Hall–Kier alpha value is -1.98. The van der Waals surface area contributed by atoms with E-state index in [4.69, 9.17) is 13.8 Å². The van der Waals surface area contributed by atoms with E-state index >= 15 is 0 Å². The molecule has 0 saturated carbocycles. The fourth-order valence-corrected chi connectivity index (χ4v) is 3.56. The molecule has 1 fully saturated rings. The van der Waals surface area contributed by atoms with Crippen molar-refractivity contribution in [2.75, 3.05) is 6.61 Å². The van der Waals surface area contributed by atoms with Gasteiger partial charge in [-0.05, 0) is 43.7 Å². The van der Waals surface area contributed by atoms with Gasteiger partial charge in [0.25, 0.3) is 0 Å². The second-order valence-corrected chi connectivity index (χ2v) is 7.57. The van der Waals surface area contributed by atoms with Crippen molar-refractivity contribution in [3.63, 3.8) is 0 Å². The summed E-state index contributed by atoms with van der Waals surface area (Å²) in [7, 11) is -2.36. The highest BCUT2D eigenvalue weighted by Crippen LogP contribution is 2.41. The van der Waals surface area contributed by atoms with Crippen LogP contribution in [0.2, 0.25) is 0 Å². The van der Waals surface area contributed by atoms with Crippen LogP contribution < -0.4 is 4.52 Å². The molecular formula is C19H23NO5P+. The number of nitrogens with one attached hydrogen (secondary N) is 1. The van der Waals surface area contributed by atoms with Gasteiger partial charge >= 0.3 is 8.25 Å². The van der Waals surface area contributed by atoms with Gasteiger partial charge in [-0.1, -0.05) is 24.8 Å². The molecule has 1 aliphatic rings. The lowest BCUT2D eigenvalue weighted by Crippen LogP contribution is -2.40. The monoisotopic (exact) mass is 376 g/mol. The molecule has 3 rings (SSSR count). The summed E-state index contributed by atoms with van der Waals surface area (Å²) < 4.78 is 28.6. The van der Waals surface area contributed by atoms with Crippen molar-refractivity contribution in [2.24, 2.45) is 0 Å². The number of aromatic amines is 1. The number of H-pyrrole nitrogens is 1. The minimum absolute atomic E-state index is 0.0409. The van der Waals surface area contributed by atoms with Gasteiger partial charge in [0, 0.05) is 22.4 Å². The van der Waals surface area contributed by atoms with Crippen LogP contribution in [0.5, 0.6) is 5.75 Å². The van der Waals surface area contributed by atoms with Gasteiger partial charge in [-0.15, -0.1) is 4.52 Å². The molecule has 0 spiro atoms. The van der Waals surface area contributed by atoms with E-state index in [9.17, 15) is 9.67 Å². The summed E-state index contributed by atoms with van der Waals surface area (Å²) in [5.74, 6) is 0.461. The highest BCUT2D eigenvalue weighted by atomic mass is 31.1. The predicted molar refractivity (Wildman–Crippen MR) is 99.0 cm³/mol. The summed E-state index contributed by atoms with van der Waals surface area (Å²) in [4.78, 5) is 3.25. The molecule has 1 aliphatic heterocycles. The van der Waals surface area contributed by atoms with Gasteiger partial charge in [0.15, 0.2) is 5.75 Å². The average Bonchev–Trinajstić information content (AvgIpc) is 3.20. The highest BCUT2D eigenvalue weighted by Gasteiger charge is 2.47. The topological polar surface area (TPSA) is 80.8 Å². The molecule has 2 aromatic rings. The van der Waals surface area contributed by atoms with Gasteiger partial charge in [0.05, 0.1) is 6.10 Å². The van der Waals surface area contributed by atoms with E-state index in [1.165, 1.54) is 0 Å². The van der Waals surface area contributed by atoms with Crippen molar-refractivity contribution in [3.05, 3.63) is 60.4 Å². The van der Waals surface area contributed by atoms with Crippen molar-refractivity contribution in [1.82, 2.24) is 4.98 Å². The second-order valence-electron chi connectivity index (χ2n) is 6.68. The van der Waals surface area contributed by atoms with Crippen LogP contribution in [0.25, 0.3) is 5.57 Å². The summed E-state index contributed by atoms with van der Waals surface area (Å²) >= 11 is 0. The number of aromatic nitrogens is 1. The van der Waals surface area contributed by atoms with Crippen molar-refractivity contribution in [1.29, 1.82) is 0 Å². The maximum atomic E-state index is 12.0. The number of para-hydroxylation sites is 1. The molecule has 2 heterocycles. The van der Waals surface area contributed by atoms with E-state index in [2.05, 4.69) is 11.6 Å². The smallest absolute Gasteiger partial charge is 0.390 e. The van der Waals surface area contributed by atoms with Crippen molar-refractivity contribution < 1.29 is 23.5 Å². The Morgan fingerprint density at radius 3 is 2.77 bits per heavy atom. The molecule has 26 heavy (non-hydrogen) atoms. The van der Waals surface area contributed by atoms with Crippen LogP contribution in [0.3, 0.4) is 0 Å². The summed E-state index contributed by atoms with van der Waals surface area (Å²) in [5.41, 5.74) is 1.76. The Balaban J connectivity index is 1.58. The molecule has 1 aromatic heterocycles. The zero-order valence-corrected chi connectivity index (χ0v) is 15.7. The number of benzene rings is 1. The molecule has 7 heteroatoms. The Labute approximate surface area is 153 Å². The molecule has 1 saturated heterocycles. The zero-order valence-electron chi connectivity index (χ0n) is 14.8. The van der Waals surface area contributed by atoms with Crippen molar-refractivity contribution in [2.45, 2.75) is 38.1 Å². The van der Waals surface area contributed by atoms with Gasteiger partial charge in [-0.25, -0.2) is 4.52 Å². The average molecular weight is 376 g/mol. The summed E-state index contributed by atoms with van der Waals surface area (Å²) in [5, 5.41) is 10.4. The van der Waals surface area contributed by atoms with Crippen LogP contribution in [-0.2, 0) is 13.8 Å². The lowest BCUT2D eigenvalue weighted by molar-refractivity contribution is -0.0945. The number of hydrogen-bond donors (Lipinski definition) is 2. The predicted octanol–water partition coefficient (Wildman–Crippen LogP) is 4.38. The fraction of sp³-hybridized carbons (Fsp3) is 0.368. The third kappa shape index (κ3) is 4.22. The summed E-state index contributed by atoms with van der Waals surface area (Å²) in [6, 6.07) is 12.6. The Bertz CT molecular complexity index is 790. The number of rotatable bonds is 7. The zero-order chi connectivity index (χ0) is 18.7. The quantitative estimate of drug-likeness (QED) is 0.701. The maximum absolute atomic E-state index is 12.0. The minimum Gasteiger partial charge on any atom is -0.390 e. The number of ether oxygens (including phenoxy) is 1. The summed E-state index contributed by atoms with van der Waals surface area (Å²) in [6.45, 7) is 7.52. The lowest BCUT2D eigenvalue weighted by Gasteiger charge is -2.24. The number of aliphatic hydroxyl groups excluding tert-OH is 1. The van der Waals surface area contributed by atoms with Crippen LogP contribution in [0, 0.1) is 0 Å². The van der Waals surface area contributed by atoms with E-state index < -0.39 is 20.0 Å². The van der Waals surface area contributed by atoms with E-state index in [1.54, 1.807) is 31.2 Å². The Morgan fingerprint density at radius 1 is 1.38 bits per heavy atom. The fourth-order valence-electron chi connectivity index (χ4n) is 2.85. The van der Waals surface area contributed by atoms with E-state index in [-0.39, 0.29) is 12.7 Å². The number of allylic oxidation sites excluding steroid dienone is 1. The molecule has 138 valence electrons. The molecule has 1 aromatic carbocycles. The van der Waals surface area contributed by atoms with Crippen LogP contribution >= 0.6 is 8.25 Å². The molecule has 2 N–H and O–H groups in total. The van der Waals surface area contributed by atoms with Crippen LogP contribution in [-0.4, -0.2) is 28.4 Å². The standard InChI is InChI=1S/C19H23NO5P/c1-13(2)15-9-10-16(20-15)17-11-18(21)19(3,24-17)12-23-26(22)25-14-7-5-4-6-8-14/h4-10,17-18,20-21H,1,11-12H2,2-3H3/q+1. The van der Waals surface area contributed by atoms with E-state index in [1.807, 2.05) is 25.1 Å². The highest BCUT2D eigenvalue weighted by molar-refractivity contribution is 7.33. The number of hydrogen-bond acceptors (Lipinski definition) is 5. The largest absolute Gasteiger partial charge is 0.750 e. The molecular weight excluding hydrogens is 353 g/mol.